The first kappa shape index (κ1) is 9.60. The first-order valence-electron chi connectivity index (χ1n) is 3.78. The van der Waals surface area contributed by atoms with Crippen LogP contribution in [0.4, 0.5) is 10.1 Å². The van der Waals surface area contributed by atoms with Gasteiger partial charge in [-0.2, -0.15) is 0 Å². The van der Waals surface area contributed by atoms with Gasteiger partial charge in [0.15, 0.2) is 0 Å². The third-order valence-electron chi connectivity index (χ3n) is 1.69. The molecule has 0 aliphatic carbocycles. The maximum Gasteiger partial charge on any atom is 0.275 e. The number of nitro benzene ring substituents is 1. The predicted octanol–water partition coefficient (Wildman–Crippen LogP) is 1.24. The number of nitrogens with two attached hydrogens (primary N) is 1. The highest BCUT2D eigenvalue weighted by Gasteiger charge is 2.15. The molecule has 0 saturated carbocycles. The average Bonchev–Trinajstić information content (AvgIpc) is 2.08. The lowest BCUT2D eigenvalue weighted by Crippen LogP contribution is -2.07. The van der Waals surface area contributed by atoms with Crippen LogP contribution in [-0.4, -0.2) is 11.5 Å². The van der Waals surface area contributed by atoms with Crippen molar-refractivity contribution in [2.24, 2.45) is 5.73 Å². The molecule has 1 aromatic rings. The van der Waals surface area contributed by atoms with Gasteiger partial charge >= 0.3 is 0 Å². The van der Waals surface area contributed by atoms with Gasteiger partial charge < -0.3 is 5.73 Å². The maximum absolute atomic E-state index is 13.0. The van der Waals surface area contributed by atoms with Crippen LogP contribution >= 0.6 is 0 Å². The van der Waals surface area contributed by atoms with Gasteiger partial charge in [0.25, 0.3) is 5.69 Å². The van der Waals surface area contributed by atoms with Crippen LogP contribution in [0.3, 0.4) is 0 Å². The first-order valence-corrected chi connectivity index (χ1v) is 3.78. The van der Waals surface area contributed by atoms with Crippen LogP contribution in [0.2, 0.25) is 0 Å². The minimum Gasteiger partial charge on any atom is -0.330 e. The quantitative estimate of drug-likeness (QED) is 0.567. The molecule has 0 aliphatic rings. The van der Waals surface area contributed by atoms with E-state index in [0.717, 1.165) is 0 Å². The highest BCUT2D eigenvalue weighted by atomic mass is 19.1. The minimum atomic E-state index is -0.603. The Kier molecular flexibility index (Phi) is 2.92. The molecule has 0 fully saturated rings. The summed E-state index contributed by atoms with van der Waals surface area (Å²) in [4.78, 5) is 9.84. The average molecular weight is 184 g/mol. The highest BCUT2D eigenvalue weighted by molar-refractivity contribution is 5.41. The van der Waals surface area contributed by atoms with Crippen LogP contribution in [0.5, 0.6) is 0 Å². The van der Waals surface area contributed by atoms with Crippen LogP contribution in [0.1, 0.15) is 5.56 Å². The second kappa shape index (κ2) is 3.95. The molecule has 1 aromatic carbocycles. The molecule has 0 amide bonds. The zero-order valence-electron chi connectivity index (χ0n) is 6.87. The Morgan fingerprint density at radius 2 is 2.23 bits per heavy atom. The Bertz CT molecular complexity index is 328. The summed E-state index contributed by atoms with van der Waals surface area (Å²) >= 11 is 0. The monoisotopic (exact) mass is 184 g/mol. The van der Waals surface area contributed by atoms with E-state index in [9.17, 15) is 14.5 Å². The molecule has 0 bridgehead atoms. The number of rotatable bonds is 3. The number of halogens is 1. The van der Waals surface area contributed by atoms with Crippen molar-refractivity contribution in [3.63, 3.8) is 0 Å². The standard InChI is InChI=1S/C8H9FN2O2/c9-7-2-1-3-8(11(12)13)6(7)4-5-10/h1-3H,4-5,10H2. The van der Waals surface area contributed by atoms with Crippen molar-refractivity contribution >= 4 is 5.69 Å². The molecule has 0 heterocycles. The minimum absolute atomic E-state index is 0.0787. The molecule has 2 N–H and O–H groups in total. The SMILES string of the molecule is NCCc1c(F)cccc1[N+](=O)[O-]. The molecule has 5 heteroatoms. The molecule has 13 heavy (non-hydrogen) atoms. The summed E-state index contributed by atoms with van der Waals surface area (Å²) in [5.41, 5.74) is 5.08. The number of hydrogen-bond acceptors (Lipinski definition) is 3. The summed E-state index contributed by atoms with van der Waals surface area (Å²) < 4.78 is 13.0. The Labute approximate surface area is 74.3 Å². The van der Waals surface area contributed by atoms with E-state index < -0.39 is 10.7 Å². The van der Waals surface area contributed by atoms with Gasteiger partial charge in [-0.05, 0) is 19.0 Å². The van der Waals surface area contributed by atoms with Crippen LogP contribution in [0.25, 0.3) is 0 Å². The summed E-state index contributed by atoms with van der Waals surface area (Å²) in [5.74, 6) is -0.570. The van der Waals surface area contributed by atoms with Gasteiger partial charge in [0.2, 0.25) is 0 Å². The Hall–Kier alpha value is -1.49. The maximum atomic E-state index is 13.0. The number of hydrogen-bond donors (Lipinski definition) is 1. The Balaban J connectivity index is 3.17. The highest BCUT2D eigenvalue weighted by Crippen LogP contribution is 2.21. The van der Waals surface area contributed by atoms with Gasteiger partial charge in [-0.3, -0.25) is 10.1 Å². The van der Waals surface area contributed by atoms with Gasteiger partial charge in [-0.25, -0.2) is 4.39 Å². The molecule has 0 unspecified atom stereocenters. The predicted molar refractivity (Wildman–Crippen MR) is 45.8 cm³/mol. The molecule has 0 saturated heterocycles. The molecule has 0 radical (unpaired) electrons. The fourth-order valence-electron chi connectivity index (χ4n) is 1.11. The topological polar surface area (TPSA) is 69.2 Å². The van der Waals surface area contributed by atoms with Crippen molar-refractivity contribution in [2.75, 3.05) is 6.54 Å². The summed E-state index contributed by atoms with van der Waals surface area (Å²) in [6, 6.07) is 3.78. The summed E-state index contributed by atoms with van der Waals surface area (Å²) in [5, 5.41) is 10.4. The second-order valence-electron chi connectivity index (χ2n) is 2.53. The largest absolute Gasteiger partial charge is 0.330 e. The van der Waals surface area contributed by atoms with E-state index in [2.05, 4.69) is 0 Å². The zero-order valence-corrected chi connectivity index (χ0v) is 6.87. The van der Waals surface area contributed by atoms with Crippen molar-refractivity contribution in [1.82, 2.24) is 0 Å². The van der Waals surface area contributed by atoms with Crippen molar-refractivity contribution in [3.8, 4) is 0 Å². The Morgan fingerprint density at radius 3 is 2.77 bits per heavy atom. The van der Waals surface area contributed by atoms with Gasteiger partial charge in [0.1, 0.15) is 5.82 Å². The smallest absolute Gasteiger partial charge is 0.275 e. The number of nitrogens with zero attached hydrogens (tertiary/aromatic N) is 1. The van der Waals surface area contributed by atoms with E-state index in [1.54, 1.807) is 0 Å². The van der Waals surface area contributed by atoms with Crippen LogP contribution < -0.4 is 5.73 Å². The lowest BCUT2D eigenvalue weighted by Gasteiger charge is -2.01. The van der Waals surface area contributed by atoms with Gasteiger partial charge in [-0.1, -0.05) is 6.07 Å². The molecule has 70 valence electrons. The number of nitro groups is 1. The molecule has 0 atom stereocenters. The molecular weight excluding hydrogens is 175 g/mol. The lowest BCUT2D eigenvalue weighted by atomic mass is 10.1. The lowest BCUT2D eigenvalue weighted by molar-refractivity contribution is -0.385. The molecule has 0 aliphatic heterocycles. The van der Waals surface area contributed by atoms with E-state index in [1.165, 1.54) is 18.2 Å². The van der Waals surface area contributed by atoms with Gasteiger partial charge in [0.05, 0.1) is 10.5 Å². The number of benzene rings is 1. The molecule has 1 rings (SSSR count). The molecular formula is C8H9FN2O2. The fraction of sp³-hybridized carbons (Fsp3) is 0.250. The van der Waals surface area contributed by atoms with Crippen molar-refractivity contribution in [1.29, 1.82) is 0 Å². The molecule has 0 aromatic heterocycles. The normalized spacial score (nSPS) is 10.0. The van der Waals surface area contributed by atoms with Crippen LogP contribution in [0, 0.1) is 15.9 Å². The molecule has 4 nitrogen and oxygen atoms in total. The first-order chi connectivity index (χ1) is 6.16. The zero-order chi connectivity index (χ0) is 9.84. The third kappa shape index (κ3) is 2.00. The second-order valence-corrected chi connectivity index (χ2v) is 2.53. The van der Waals surface area contributed by atoms with Crippen molar-refractivity contribution in [3.05, 3.63) is 39.7 Å². The van der Waals surface area contributed by atoms with E-state index >= 15 is 0 Å². The summed E-state index contributed by atoms with van der Waals surface area (Å²) in [6.45, 7) is 0.196. The fourth-order valence-corrected chi connectivity index (χ4v) is 1.11. The van der Waals surface area contributed by atoms with E-state index in [-0.39, 0.29) is 24.2 Å². The van der Waals surface area contributed by atoms with Gasteiger partial charge in [-0.15, -0.1) is 0 Å². The van der Waals surface area contributed by atoms with Gasteiger partial charge in [0, 0.05) is 6.07 Å². The third-order valence-corrected chi connectivity index (χ3v) is 1.69. The van der Waals surface area contributed by atoms with Crippen molar-refractivity contribution in [2.45, 2.75) is 6.42 Å². The molecule has 0 spiro atoms. The Morgan fingerprint density at radius 1 is 1.54 bits per heavy atom. The summed E-state index contributed by atoms with van der Waals surface area (Å²) in [6.07, 6.45) is 0.184. The van der Waals surface area contributed by atoms with E-state index in [1.807, 2.05) is 0 Å². The van der Waals surface area contributed by atoms with E-state index in [4.69, 9.17) is 5.73 Å². The van der Waals surface area contributed by atoms with E-state index in [0.29, 0.717) is 0 Å². The summed E-state index contributed by atoms with van der Waals surface area (Å²) in [7, 11) is 0. The van der Waals surface area contributed by atoms with Crippen molar-refractivity contribution < 1.29 is 9.31 Å². The van der Waals surface area contributed by atoms with Crippen LogP contribution in [-0.2, 0) is 6.42 Å². The van der Waals surface area contributed by atoms with Crippen LogP contribution in [0.15, 0.2) is 18.2 Å².